The maximum Gasteiger partial charge on any atom is 0.243 e. The third kappa shape index (κ3) is 4.56. The van der Waals surface area contributed by atoms with Gasteiger partial charge in [-0.25, -0.2) is 12.7 Å². The molecule has 0 aliphatic rings. The molecule has 0 bridgehead atoms. The Morgan fingerprint density at radius 3 is 2.00 bits per heavy atom. The van der Waals surface area contributed by atoms with Gasteiger partial charge in [0.2, 0.25) is 10.0 Å². The standard InChI is InChI=1S/C18H31NO2S/c1-9-14-10-11-16(15(12-14)18(5,6)7)22(20,21)19(8)13-17(2,3)4/h10-12H,9,13H2,1-8H3. The molecule has 0 radical (unpaired) electrons. The van der Waals surface area contributed by atoms with Crippen molar-refractivity contribution in [3.63, 3.8) is 0 Å². The zero-order valence-corrected chi connectivity index (χ0v) is 16.1. The molecule has 3 nitrogen and oxygen atoms in total. The molecule has 0 fully saturated rings. The summed E-state index contributed by atoms with van der Waals surface area (Å²) >= 11 is 0. The second-order valence-electron chi connectivity index (χ2n) is 8.26. The Hall–Kier alpha value is -0.870. The van der Waals surface area contributed by atoms with Crippen LogP contribution in [0.25, 0.3) is 0 Å². The van der Waals surface area contributed by atoms with Crippen molar-refractivity contribution in [2.24, 2.45) is 5.41 Å². The molecule has 0 aliphatic heterocycles. The van der Waals surface area contributed by atoms with Gasteiger partial charge in [-0.2, -0.15) is 0 Å². The Balaban J connectivity index is 3.42. The van der Waals surface area contributed by atoms with Crippen molar-refractivity contribution in [2.75, 3.05) is 13.6 Å². The van der Waals surface area contributed by atoms with E-state index in [0.717, 1.165) is 12.0 Å². The van der Waals surface area contributed by atoms with E-state index in [1.54, 1.807) is 13.1 Å². The number of hydrogen-bond donors (Lipinski definition) is 0. The van der Waals surface area contributed by atoms with Crippen molar-refractivity contribution < 1.29 is 8.42 Å². The molecule has 0 N–H and O–H groups in total. The van der Waals surface area contributed by atoms with Gasteiger partial charge in [-0.3, -0.25) is 0 Å². The number of nitrogens with zero attached hydrogens (tertiary/aromatic N) is 1. The zero-order valence-electron chi connectivity index (χ0n) is 15.3. The van der Waals surface area contributed by atoms with Crippen LogP contribution < -0.4 is 0 Å². The van der Waals surface area contributed by atoms with E-state index in [2.05, 4.69) is 27.7 Å². The maximum atomic E-state index is 13.0. The van der Waals surface area contributed by atoms with Gasteiger partial charge in [0.15, 0.2) is 0 Å². The summed E-state index contributed by atoms with van der Waals surface area (Å²) in [7, 11) is -1.81. The molecule has 0 saturated heterocycles. The summed E-state index contributed by atoms with van der Waals surface area (Å²) in [5, 5.41) is 0. The number of hydrogen-bond acceptors (Lipinski definition) is 2. The molecule has 0 unspecified atom stereocenters. The van der Waals surface area contributed by atoms with E-state index in [9.17, 15) is 8.42 Å². The highest BCUT2D eigenvalue weighted by Gasteiger charge is 2.30. The van der Waals surface area contributed by atoms with Gasteiger partial charge >= 0.3 is 0 Å². The Kier molecular flexibility index (Phi) is 5.51. The predicted molar refractivity (Wildman–Crippen MR) is 93.8 cm³/mol. The minimum atomic E-state index is -3.48. The topological polar surface area (TPSA) is 37.4 Å². The smallest absolute Gasteiger partial charge is 0.207 e. The third-order valence-electron chi connectivity index (χ3n) is 3.65. The van der Waals surface area contributed by atoms with Crippen LogP contribution in [-0.2, 0) is 21.9 Å². The average Bonchev–Trinajstić information content (AvgIpc) is 2.34. The molecule has 0 aromatic heterocycles. The molecule has 0 aliphatic carbocycles. The lowest BCUT2D eigenvalue weighted by molar-refractivity contribution is 0.310. The largest absolute Gasteiger partial charge is 0.243 e. The highest BCUT2D eigenvalue weighted by molar-refractivity contribution is 7.89. The van der Waals surface area contributed by atoms with Crippen molar-refractivity contribution in [3.05, 3.63) is 29.3 Å². The first-order chi connectivity index (χ1) is 9.79. The number of benzene rings is 1. The van der Waals surface area contributed by atoms with Crippen LogP contribution in [0.15, 0.2) is 23.1 Å². The van der Waals surface area contributed by atoms with Crippen molar-refractivity contribution >= 4 is 10.0 Å². The first kappa shape index (κ1) is 19.2. The molecule has 0 spiro atoms. The van der Waals surface area contributed by atoms with Crippen molar-refractivity contribution in [1.82, 2.24) is 4.31 Å². The minimum Gasteiger partial charge on any atom is -0.207 e. The van der Waals surface area contributed by atoms with E-state index in [0.29, 0.717) is 11.4 Å². The van der Waals surface area contributed by atoms with Gasteiger partial charge in [-0.15, -0.1) is 0 Å². The molecular formula is C18H31NO2S. The fourth-order valence-corrected chi connectivity index (χ4v) is 4.31. The molecule has 22 heavy (non-hydrogen) atoms. The molecule has 0 saturated carbocycles. The van der Waals surface area contributed by atoms with Gasteiger partial charge in [-0.1, -0.05) is 60.6 Å². The summed E-state index contributed by atoms with van der Waals surface area (Å²) in [5.74, 6) is 0. The Labute approximate surface area is 136 Å². The van der Waals surface area contributed by atoms with Crippen LogP contribution in [0.5, 0.6) is 0 Å². The second kappa shape index (κ2) is 6.32. The fraction of sp³-hybridized carbons (Fsp3) is 0.667. The summed E-state index contributed by atoms with van der Waals surface area (Å²) in [6.07, 6.45) is 0.904. The molecule has 0 amide bonds. The average molecular weight is 326 g/mol. The highest BCUT2D eigenvalue weighted by Crippen LogP contribution is 2.32. The summed E-state index contributed by atoms with van der Waals surface area (Å²) < 4.78 is 27.5. The van der Waals surface area contributed by atoms with Crippen LogP contribution in [0.1, 0.15) is 59.6 Å². The first-order valence-corrected chi connectivity index (χ1v) is 9.33. The third-order valence-corrected chi connectivity index (χ3v) is 5.51. The molecule has 4 heteroatoms. The molecule has 126 valence electrons. The van der Waals surface area contributed by atoms with Crippen LogP contribution >= 0.6 is 0 Å². The molecule has 1 aromatic rings. The van der Waals surface area contributed by atoms with Crippen molar-refractivity contribution in [2.45, 2.75) is 65.2 Å². The van der Waals surface area contributed by atoms with E-state index in [1.165, 1.54) is 9.87 Å². The fourth-order valence-electron chi connectivity index (χ4n) is 2.53. The monoisotopic (exact) mass is 325 g/mol. The Morgan fingerprint density at radius 2 is 1.59 bits per heavy atom. The van der Waals surface area contributed by atoms with E-state index in [1.807, 2.05) is 32.9 Å². The lowest BCUT2D eigenvalue weighted by Gasteiger charge is -2.29. The molecular weight excluding hydrogens is 294 g/mol. The van der Waals surface area contributed by atoms with E-state index in [-0.39, 0.29) is 10.8 Å². The quantitative estimate of drug-likeness (QED) is 0.831. The highest BCUT2D eigenvalue weighted by atomic mass is 32.2. The van der Waals surface area contributed by atoms with Crippen LogP contribution in [-0.4, -0.2) is 26.3 Å². The normalized spacial score (nSPS) is 13.7. The van der Waals surface area contributed by atoms with Gasteiger partial charge in [0.05, 0.1) is 4.90 Å². The minimum absolute atomic E-state index is 0.0763. The molecule has 0 atom stereocenters. The van der Waals surface area contributed by atoms with Crippen LogP contribution in [0, 0.1) is 5.41 Å². The van der Waals surface area contributed by atoms with Gasteiger partial charge in [-0.05, 0) is 34.4 Å². The van der Waals surface area contributed by atoms with Crippen molar-refractivity contribution in [3.8, 4) is 0 Å². The van der Waals surface area contributed by atoms with Gasteiger partial charge in [0.1, 0.15) is 0 Å². The molecule has 1 aromatic carbocycles. The van der Waals surface area contributed by atoms with Crippen molar-refractivity contribution in [1.29, 1.82) is 0 Å². The van der Waals surface area contributed by atoms with E-state index >= 15 is 0 Å². The molecule has 1 rings (SSSR count). The van der Waals surface area contributed by atoms with Gasteiger partial charge < -0.3 is 0 Å². The maximum absolute atomic E-state index is 13.0. The van der Waals surface area contributed by atoms with Crippen LogP contribution in [0.4, 0.5) is 0 Å². The van der Waals surface area contributed by atoms with Crippen LogP contribution in [0.3, 0.4) is 0 Å². The summed E-state index contributed by atoms with van der Waals surface area (Å²) in [4.78, 5) is 0.434. The van der Waals surface area contributed by atoms with E-state index in [4.69, 9.17) is 0 Å². The second-order valence-corrected chi connectivity index (χ2v) is 10.3. The summed E-state index contributed by atoms with van der Waals surface area (Å²) in [6, 6.07) is 5.73. The Bertz CT molecular complexity index is 619. The first-order valence-electron chi connectivity index (χ1n) is 7.89. The SMILES string of the molecule is CCc1ccc(S(=O)(=O)N(C)CC(C)(C)C)c(C(C)(C)C)c1. The number of sulfonamides is 1. The van der Waals surface area contributed by atoms with Gasteiger partial charge in [0.25, 0.3) is 0 Å². The summed E-state index contributed by atoms with van der Waals surface area (Å²) in [5.41, 5.74) is 1.78. The number of aryl methyl sites for hydroxylation is 1. The Morgan fingerprint density at radius 1 is 1.05 bits per heavy atom. The summed E-state index contributed by atoms with van der Waals surface area (Å²) in [6.45, 7) is 14.9. The zero-order chi connectivity index (χ0) is 17.3. The van der Waals surface area contributed by atoms with E-state index < -0.39 is 10.0 Å². The van der Waals surface area contributed by atoms with Gasteiger partial charge in [0, 0.05) is 13.6 Å². The number of rotatable bonds is 4. The lowest BCUT2D eigenvalue weighted by atomic mass is 9.86. The van der Waals surface area contributed by atoms with Crippen LogP contribution in [0.2, 0.25) is 0 Å². The lowest BCUT2D eigenvalue weighted by Crippen LogP contribution is -2.35. The molecule has 0 heterocycles. The predicted octanol–water partition coefficient (Wildman–Crippen LogP) is 4.21.